The minimum Gasteiger partial charge on any atom is -0.507 e. The molecule has 7 N–H and O–H groups in total. The molecule has 0 amide bonds. The van der Waals surface area contributed by atoms with Crippen LogP contribution < -0.4 is 5.73 Å². The van der Waals surface area contributed by atoms with Gasteiger partial charge in [0.1, 0.15) is 11.5 Å². The van der Waals surface area contributed by atoms with Crippen molar-refractivity contribution in [2.24, 2.45) is 5.73 Å². The van der Waals surface area contributed by atoms with E-state index in [1.54, 1.807) is 6.92 Å². The zero-order valence-electron chi connectivity index (χ0n) is 8.95. The monoisotopic (exact) mass is 243 g/mol. The molecule has 0 saturated carbocycles. The first-order valence-electron chi connectivity index (χ1n) is 4.64. The van der Waals surface area contributed by atoms with Crippen LogP contribution in [-0.4, -0.2) is 37.5 Å². The van der Waals surface area contributed by atoms with E-state index < -0.39 is 34.9 Å². The van der Waals surface area contributed by atoms with Gasteiger partial charge in [-0.05, 0) is 24.6 Å². The maximum Gasteiger partial charge on any atom is 0.326 e. The molecule has 0 spiro atoms. The highest BCUT2D eigenvalue weighted by atomic mass is 16.5. The number of carbonyl (C=O) groups is 1. The van der Waals surface area contributed by atoms with Crippen LogP contribution in [0, 0.1) is 6.92 Å². The zero-order chi connectivity index (χ0) is 13.4. The number of hydrogen-bond acceptors (Lipinski definition) is 6. The molecule has 0 aliphatic heterocycles. The van der Waals surface area contributed by atoms with E-state index in [2.05, 4.69) is 0 Å². The fourth-order valence-corrected chi connectivity index (χ4v) is 1.45. The second-order valence-corrected chi connectivity index (χ2v) is 3.72. The minimum atomic E-state index is -3.08. The third kappa shape index (κ3) is 2.31. The fourth-order valence-electron chi connectivity index (χ4n) is 1.45. The molecule has 7 nitrogen and oxygen atoms in total. The van der Waals surface area contributed by atoms with Gasteiger partial charge in [-0.3, -0.25) is 4.79 Å². The number of carboxylic acids is 1. The quantitative estimate of drug-likeness (QED) is 0.372. The Labute approximate surface area is 96.4 Å². The van der Waals surface area contributed by atoms with Gasteiger partial charge in [0, 0.05) is 0 Å². The standard InChI is InChI=1S/C10H13NO6/c1-4-2-5(12)7(6(13)3-4)10(16,17)8(11)9(14)15/h2-3,8,12-13,16-17H,11H2,1H3,(H,14,15). The van der Waals surface area contributed by atoms with E-state index in [1.807, 2.05) is 0 Å². The van der Waals surface area contributed by atoms with Crippen LogP contribution in [-0.2, 0) is 10.6 Å². The van der Waals surface area contributed by atoms with Gasteiger partial charge in [0.05, 0.1) is 5.56 Å². The molecule has 1 rings (SSSR count). The molecule has 0 fully saturated rings. The zero-order valence-corrected chi connectivity index (χ0v) is 8.95. The number of hydrogen-bond donors (Lipinski definition) is 6. The topological polar surface area (TPSA) is 144 Å². The molecule has 7 heteroatoms. The van der Waals surface area contributed by atoms with Crippen LogP contribution in [0.2, 0.25) is 0 Å². The van der Waals surface area contributed by atoms with Crippen molar-refractivity contribution in [3.05, 3.63) is 23.3 Å². The Balaban J connectivity index is 3.38. The molecule has 0 aliphatic rings. The Hall–Kier alpha value is -1.83. The molecule has 1 unspecified atom stereocenters. The Morgan fingerprint density at radius 2 is 1.71 bits per heavy atom. The van der Waals surface area contributed by atoms with Crippen LogP contribution in [0.1, 0.15) is 11.1 Å². The van der Waals surface area contributed by atoms with Gasteiger partial charge in [-0.2, -0.15) is 0 Å². The van der Waals surface area contributed by atoms with Crippen molar-refractivity contribution in [3.8, 4) is 11.5 Å². The molecular weight excluding hydrogens is 230 g/mol. The summed E-state index contributed by atoms with van der Waals surface area (Å²) in [5.41, 5.74) is 4.80. The average Bonchev–Trinajstić information content (AvgIpc) is 2.13. The molecule has 0 bridgehead atoms. The smallest absolute Gasteiger partial charge is 0.326 e. The summed E-state index contributed by atoms with van der Waals surface area (Å²) in [4.78, 5) is 10.6. The number of benzene rings is 1. The lowest BCUT2D eigenvalue weighted by Crippen LogP contribution is -2.50. The van der Waals surface area contributed by atoms with Gasteiger partial charge in [-0.15, -0.1) is 0 Å². The van der Waals surface area contributed by atoms with E-state index in [0.29, 0.717) is 5.56 Å². The molecule has 0 radical (unpaired) electrons. The summed E-state index contributed by atoms with van der Waals surface area (Å²) in [6.07, 6.45) is 0. The summed E-state index contributed by atoms with van der Waals surface area (Å²) in [6.45, 7) is 1.55. The summed E-state index contributed by atoms with van der Waals surface area (Å²) in [5.74, 6) is -6.06. The Morgan fingerprint density at radius 1 is 1.29 bits per heavy atom. The predicted molar refractivity (Wildman–Crippen MR) is 56.2 cm³/mol. The van der Waals surface area contributed by atoms with Crippen molar-refractivity contribution in [3.63, 3.8) is 0 Å². The van der Waals surface area contributed by atoms with Gasteiger partial charge in [0.25, 0.3) is 0 Å². The third-order valence-electron chi connectivity index (χ3n) is 2.31. The van der Waals surface area contributed by atoms with Crippen molar-refractivity contribution < 1.29 is 30.3 Å². The van der Waals surface area contributed by atoms with Gasteiger partial charge < -0.3 is 31.3 Å². The van der Waals surface area contributed by atoms with E-state index >= 15 is 0 Å². The van der Waals surface area contributed by atoms with Crippen molar-refractivity contribution in [1.29, 1.82) is 0 Å². The number of nitrogens with two attached hydrogens (primary N) is 1. The lowest BCUT2D eigenvalue weighted by Gasteiger charge is -2.27. The van der Waals surface area contributed by atoms with E-state index in [-0.39, 0.29) is 0 Å². The summed E-state index contributed by atoms with van der Waals surface area (Å²) in [7, 11) is 0. The Morgan fingerprint density at radius 3 is 2.06 bits per heavy atom. The van der Waals surface area contributed by atoms with E-state index in [0.717, 1.165) is 12.1 Å². The van der Waals surface area contributed by atoms with E-state index in [9.17, 15) is 25.2 Å². The molecule has 0 aromatic heterocycles. The largest absolute Gasteiger partial charge is 0.507 e. The normalized spacial score (nSPS) is 13.4. The Bertz CT molecular complexity index is 433. The van der Waals surface area contributed by atoms with Crippen molar-refractivity contribution in [2.45, 2.75) is 18.8 Å². The molecule has 0 heterocycles. The number of aryl methyl sites for hydroxylation is 1. The number of aliphatic carboxylic acids is 1. The van der Waals surface area contributed by atoms with E-state index in [4.69, 9.17) is 10.8 Å². The highest BCUT2D eigenvalue weighted by Gasteiger charge is 2.43. The molecular formula is C10H13NO6. The van der Waals surface area contributed by atoms with Crippen molar-refractivity contribution >= 4 is 5.97 Å². The second-order valence-electron chi connectivity index (χ2n) is 3.72. The van der Waals surface area contributed by atoms with Gasteiger partial charge >= 0.3 is 5.97 Å². The first-order chi connectivity index (χ1) is 7.67. The van der Waals surface area contributed by atoms with Gasteiger partial charge in [0.2, 0.25) is 5.79 Å². The number of aliphatic hydroxyl groups is 2. The predicted octanol–water partition coefficient (Wildman–Crippen LogP) is -1.04. The van der Waals surface area contributed by atoms with Gasteiger partial charge in [-0.1, -0.05) is 0 Å². The second kappa shape index (κ2) is 4.21. The fraction of sp³-hybridized carbons (Fsp3) is 0.300. The molecule has 94 valence electrons. The average molecular weight is 243 g/mol. The molecule has 1 atom stereocenters. The van der Waals surface area contributed by atoms with Crippen LogP contribution in [0.5, 0.6) is 11.5 Å². The van der Waals surface area contributed by atoms with E-state index in [1.165, 1.54) is 0 Å². The van der Waals surface area contributed by atoms with Crippen LogP contribution >= 0.6 is 0 Å². The summed E-state index contributed by atoms with van der Waals surface area (Å²) in [5, 5.41) is 46.8. The molecule has 1 aromatic carbocycles. The van der Waals surface area contributed by atoms with Crippen LogP contribution in [0.3, 0.4) is 0 Å². The van der Waals surface area contributed by atoms with Gasteiger partial charge in [0.15, 0.2) is 6.04 Å². The van der Waals surface area contributed by atoms with Crippen molar-refractivity contribution in [2.75, 3.05) is 0 Å². The van der Waals surface area contributed by atoms with Gasteiger partial charge in [-0.25, -0.2) is 0 Å². The number of rotatable bonds is 3. The molecule has 0 aliphatic carbocycles. The maximum atomic E-state index is 10.6. The lowest BCUT2D eigenvalue weighted by atomic mass is 9.95. The molecule has 17 heavy (non-hydrogen) atoms. The molecule has 1 aromatic rings. The van der Waals surface area contributed by atoms with Crippen molar-refractivity contribution in [1.82, 2.24) is 0 Å². The number of aromatic hydroxyl groups is 2. The minimum absolute atomic E-state index is 0.462. The van der Waals surface area contributed by atoms with Crippen LogP contribution in [0.25, 0.3) is 0 Å². The first-order valence-corrected chi connectivity index (χ1v) is 4.64. The Kier molecular flexibility index (Phi) is 3.28. The number of phenolic OH excluding ortho intramolecular Hbond substituents is 2. The maximum absolute atomic E-state index is 10.6. The highest BCUT2D eigenvalue weighted by molar-refractivity contribution is 5.75. The highest BCUT2D eigenvalue weighted by Crippen LogP contribution is 2.37. The van der Waals surface area contributed by atoms with Crippen LogP contribution in [0.4, 0.5) is 0 Å². The third-order valence-corrected chi connectivity index (χ3v) is 2.31. The lowest BCUT2D eigenvalue weighted by molar-refractivity contribution is -0.198. The first kappa shape index (κ1) is 13.2. The summed E-state index contributed by atoms with van der Waals surface area (Å²) in [6, 6.07) is 0.178. The molecule has 0 saturated heterocycles. The van der Waals surface area contributed by atoms with Crippen LogP contribution in [0.15, 0.2) is 12.1 Å². The summed E-state index contributed by atoms with van der Waals surface area (Å²) < 4.78 is 0. The number of phenols is 2. The SMILES string of the molecule is Cc1cc(O)c(C(O)(O)C(N)C(=O)O)c(O)c1. The number of carboxylic acid groups (broad SMARTS) is 1. The summed E-state index contributed by atoms with van der Waals surface area (Å²) >= 11 is 0.